The standard InChI is InChI=1S/C16H32O5/c1-3-4-5-6-7-8-9-10-11-20-16-15(19)14(18)13(17)12(2)21-16/h12-19H,3-11H2,1-2H3/t12-,13+,14+,15-,16-/m0/s1. The van der Waals surface area contributed by atoms with Crippen molar-refractivity contribution in [1.82, 2.24) is 0 Å². The van der Waals surface area contributed by atoms with Crippen molar-refractivity contribution in [3.05, 3.63) is 0 Å². The number of ether oxygens (including phenoxy) is 2. The van der Waals surface area contributed by atoms with Crippen molar-refractivity contribution in [2.75, 3.05) is 6.61 Å². The van der Waals surface area contributed by atoms with E-state index in [-0.39, 0.29) is 0 Å². The first-order chi connectivity index (χ1) is 10.1. The van der Waals surface area contributed by atoms with Crippen LogP contribution in [0.2, 0.25) is 0 Å². The fourth-order valence-electron chi connectivity index (χ4n) is 2.59. The van der Waals surface area contributed by atoms with Gasteiger partial charge in [0, 0.05) is 6.61 Å². The molecule has 126 valence electrons. The Kier molecular flexibility index (Phi) is 9.44. The van der Waals surface area contributed by atoms with Crippen molar-refractivity contribution in [2.24, 2.45) is 0 Å². The highest BCUT2D eigenvalue weighted by atomic mass is 16.7. The zero-order chi connectivity index (χ0) is 15.7. The Hall–Kier alpha value is -0.200. The first-order valence-electron chi connectivity index (χ1n) is 8.39. The second-order valence-corrected chi connectivity index (χ2v) is 6.03. The van der Waals surface area contributed by atoms with E-state index in [1.54, 1.807) is 6.92 Å². The van der Waals surface area contributed by atoms with Gasteiger partial charge >= 0.3 is 0 Å². The lowest BCUT2D eigenvalue weighted by Crippen LogP contribution is -2.57. The minimum atomic E-state index is -1.21. The van der Waals surface area contributed by atoms with Crippen LogP contribution in [0, 0.1) is 0 Å². The molecule has 0 aromatic heterocycles. The maximum Gasteiger partial charge on any atom is 0.186 e. The lowest BCUT2D eigenvalue weighted by molar-refractivity contribution is -0.293. The molecule has 1 saturated heterocycles. The maximum absolute atomic E-state index is 9.79. The molecule has 1 aliphatic heterocycles. The molecule has 5 atom stereocenters. The van der Waals surface area contributed by atoms with Crippen molar-refractivity contribution in [1.29, 1.82) is 0 Å². The predicted molar refractivity (Wildman–Crippen MR) is 80.9 cm³/mol. The molecular weight excluding hydrogens is 272 g/mol. The van der Waals surface area contributed by atoms with Gasteiger partial charge in [-0.25, -0.2) is 0 Å². The number of rotatable bonds is 10. The Morgan fingerprint density at radius 3 is 2.00 bits per heavy atom. The molecule has 0 amide bonds. The van der Waals surface area contributed by atoms with Crippen LogP contribution in [0.15, 0.2) is 0 Å². The summed E-state index contributed by atoms with van der Waals surface area (Å²) in [6.45, 7) is 4.38. The first-order valence-corrected chi connectivity index (χ1v) is 8.39. The molecule has 1 aliphatic rings. The fourth-order valence-corrected chi connectivity index (χ4v) is 2.59. The highest BCUT2D eigenvalue weighted by Crippen LogP contribution is 2.22. The summed E-state index contributed by atoms with van der Waals surface area (Å²) < 4.78 is 10.9. The van der Waals surface area contributed by atoms with Crippen LogP contribution in [0.1, 0.15) is 65.2 Å². The van der Waals surface area contributed by atoms with Crippen LogP contribution in [-0.2, 0) is 9.47 Å². The smallest absolute Gasteiger partial charge is 0.186 e. The van der Waals surface area contributed by atoms with Gasteiger partial charge in [0.15, 0.2) is 6.29 Å². The van der Waals surface area contributed by atoms with E-state index in [4.69, 9.17) is 9.47 Å². The summed E-state index contributed by atoms with van der Waals surface area (Å²) in [4.78, 5) is 0. The van der Waals surface area contributed by atoms with Crippen molar-refractivity contribution < 1.29 is 24.8 Å². The first kappa shape index (κ1) is 18.8. The molecule has 0 radical (unpaired) electrons. The summed E-state index contributed by atoms with van der Waals surface area (Å²) >= 11 is 0. The molecule has 5 nitrogen and oxygen atoms in total. The average molecular weight is 304 g/mol. The second-order valence-electron chi connectivity index (χ2n) is 6.03. The third kappa shape index (κ3) is 6.61. The van der Waals surface area contributed by atoms with Gasteiger partial charge in [-0.15, -0.1) is 0 Å². The zero-order valence-corrected chi connectivity index (χ0v) is 13.4. The van der Waals surface area contributed by atoms with E-state index in [1.165, 1.54) is 38.5 Å². The molecular formula is C16H32O5. The van der Waals surface area contributed by atoms with Gasteiger partial charge in [-0.3, -0.25) is 0 Å². The molecule has 1 heterocycles. The van der Waals surface area contributed by atoms with E-state index in [2.05, 4.69) is 6.92 Å². The summed E-state index contributed by atoms with van der Waals surface area (Å²) in [6, 6.07) is 0. The Balaban J connectivity index is 2.04. The van der Waals surface area contributed by atoms with E-state index in [0.717, 1.165) is 12.8 Å². The van der Waals surface area contributed by atoms with E-state index in [0.29, 0.717) is 6.61 Å². The summed E-state index contributed by atoms with van der Waals surface area (Å²) in [7, 11) is 0. The summed E-state index contributed by atoms with van der Waals surface area (Å²) in [5.41, 5.74) is 0. The highest BCUT2D eigenvalue weighted by molar-refractivity contribution is 4.87. The van der Waals surface area contributed by atoms with E-state index in [9.17, 15) is 15.3 Å². The monoisotopic (exact) mass is 304 g/mol. The Labute approximate surface area is 128 Å². The maximum atomic E-state index is 9.79. The van der Waals surface area contributed by atoms with Crippen LogP contribution >= 0.6 is 0 Å². The molecule has 0 unspecified atom stereocenters. The zero-order valence-electron chi connectivity index (χ0n) is 13.4. The number of aliphatic hydroxyl groups is 3. The van der Waals surface area contributed by atoms with E-state index >= 15 is 0 Å². The predicted octanol–water partition coefficient (Wildman–Crippen LogP) is 1.97. The van der Waals surface area contributed by atoms with Crippen molar-refractivity contribution in [3.8, 4) is 0 Å². The second kappa shape index (κ2) is 10.5. The topological polar surface area (TPSA) is 79.2 Å². The van der Waals surface area contributed by atoms with Gasteiger partial charge in [-0.05, 0) is 13.3 Å². The van der Waals surface area contributed by atoms with Gasteiger partial charge in [-0.2, -0.15) is 0 Å². The Morgan fingerprint density at radius 1 is 0.810 bits per heavy atom. The number of aliphatic hydroxyl groups excluding tert-OH is 3. The molecule has 1 fully saturated rings. The third-order valence-corrected chi connectivity index (χ3v) is 4.09. The molecule has 0 spiro atoms. The molecule has 1 rings (SSSR count). The van der Waals surface area contributed by atoms with Crippen LogP contribution in [0.25, 0.3) is 0 Å². The SMILES string of the molecule is CCCCCCCCCCO[C@H]1O[C@@H](C)[C@@H](O)[C@@H](O)[C@@H]1O. The summed E-state index contributed by atoms with van der Waals surface area (Å²) in [5.74, 6) is 0. The normalized spacial score (nSPS) is 33.3. The summed E-state index contributed by atoms with van der Waals surface area (Å²) in [6.07, 6.45) is 4.89. The third-order valence-electron chi connectivity index (χ3n) is 4.09. The molecule has 0 aromatic rings. The van der Waals surface area contributed by atoms with Gasteiger partial charge in [0.05, 0.1) is 6.10 Å². The van der Waals surface area contributed by atoms with Crippen LogP contribution in [-0.4, -0.2) is 52.6 Å². The van der Waals surface area contributed by atoms with Crippen LogP contribution in [0.4, 0.5) is 0 Å². The Morgan fingerprint density at radius 2 is 1.38 bits per heavy atom. The Bertz CT molecular complexity index is 261. The van der Waals surface area contributed by atoms with Crippen molar-refractivity contribution in [3.63, 3.8) is 0 Å². The number of hydrogen-bond acceptors (Lipinski definition) is 5. The lowest BCUT2D eigenvalue weighted by atomic mass is 10.00. The molecule has 21 heavy (non-hydrogen) atoms. The molecule has 0 aliphatic carbocycles. The van der Waals surface area contributed by atoms with Gasteiger partial charge in [-0.1, -0.05) is 51.9 Å². The van der Waals surface area contributed by atoms with E-state index < -0.39 is 30.7 Å². The minimum Gasteiger partial charge on any atom is -0.388 e. The van der Waals surface area contributed by atoms with Gasteiger partial charge in [0.2, 0.25) is 0 Å². The quantitative estimate of drug-likeness (QED) is 0.538. The lowest BCUT2D eigenvalue weighted by Gasteiger charge is -2.38. The van der Waals surface area contributed by atoms with Gasteiger partial charge in [0.1, 0.15) is 18.3 Å². The average Bonchev–Trinajstić information content (AvgIpc) is 2.48. The van der Waals surface area contributed by atoms with Crippen LogP contribution in [0.5, 0.6) is 0 Å². The van der Waals surface area contributed by atoms with Crippen LogP contribution in [0.3, 0.4) is 0 Å². The van der Waals surface area contributed by atoms with Crippen molar-refractivity contribution in [2.45, 2.75) is 95.9 Å². The molecule has 0 bridgehead atoms. The van der Waals surface area contributed by atoms with Gasteiger partial charge < -0.3 is 24.8 Å². The molecule has 0 saturated carbocycles. The molecule has 3 N–H and O–H groups in total. The minimum absolute atomic E-state index is 0.506. The molecule has 0 aromatic carbocycles. The number of unbranched alkanes of at least 4 members (excludes halogenated alkanes) is 7. The fraction of sp³-hybridized carbons (Fsp3) is 1.00. The van der Waals surface area contributed by atoms with Crippen LogP contribution < -0.4 is 0 Å². The highest BCUT2D eigenvalue weighted by Gasteiger charge is 2.42. The van der Waals surface area contributed by atoms with Gasteiger partial charge in [0.25, 0.3) is 0 Å². The summed E-state index contributed by atoms with van der Waals surface area (Å²) in [5, 5.41) is 29.0. The largest absolute Gasteiger partial charge is 0.388 e. The molecule has 5 heteroatoms. The van der Waals surface area contributed by atoms with Crippen molar-refractivity contribution >= 4 is 0 Å². The van der Waals surface area contributed by atoms with E-state index in [1.807, 2.05) is 0 Å². The number of hydrogen-bond donors (Lipinski definition) is 3.